The number of carbonyl (C=O) groups is 2. The van der Waals surface area contributed by atoms with E-state index >= 15 is 0 Å². The van der Waals surface area contributed by atoms with E-state index in [1.165, 1.54) is 0 Å². The van der Waals surface area contributed by atoms with Gasteiger partial charge in [0.15, 0.2) is 0 Å². The van der Waals surface area contributed by atoms with Gasteiger partial charge in [-0.3, -0.25) is 4.79 Å². The van der Waals surface area contributed by atoms with Crippen LogP contribution in [-0.4, -0.2) is 73.8 Å². The molecule has 1 amide bonds. The Morgan fingerprint density at radius 1 is 1.18 bits per heavy atom. The zero-order valence-electron chi connectivity index (χ0n) is 11.3. The molecule has 0 unspecified atom stereocenters. The summed E-state index contributed by atoms with van der Waals surface area (Å²) in [5, 5.41) is 57.8. The summed E-state index contributed by atoms with van der Waals surface area (Å²) in [6.07, 6.45) is -5.30. The summed E-state index contributed by atoms with van der Waals surface area (Å²) in [7, 11) is 0. The van der Waals surface area contributed by atoms with Crippen LogP contribution >= 0.6 is 0 Å². The van der Waals surface area contributed by atoms with Gasteiger partial charge in [0, 0.05) is 6.07 Å². The first-order chi connectivity index (χ1) is 10.3. The molecule has 22 heavy (non-hydrogen) atoms. The second-order valence-corrected chi connectivity index (χ2v) is 4.57. The highest BCUT2D eigenvalue weighted by Gasteiger charge is 2.32. The van der Waals surface area contributed by atoms with Crippen molar-refractivity contribution in [3.63, 3.8) is 0 Å². The summed E-state index contributed by atoms with van der Waals surface area (Å²) >= 11 is 0. The Morgan fingerprint density at radius 3 is 2.32 bits per heavy atom. The first kappa shape index (κ1) is 17.9. The largest absolute Gasteiger partial charge is 0.508 e. The van der Waals surface area contributed by atoms with Crippen LogP contribution in [0.25, 0.3) is 0 Å². The van der Waals surface area contributed by atoms with E-state index in [-0.39, 0.29) is 17.6 Å². The number of aliphatic hydroxyl groups is 4. The van der Waals surface area contributed by atoms with Crippen LogP contribution in [0.15, 0.2) is 18.2 Å². The molecule has 0 heterocycles. The van der Waals surface area contributed by atoms with Crippen molar-refractivity contribution in [1.29, 1.82) is 0 Å². The minimum atomic E-state index is -1.87. The zero-order valence-corrected chi connectivity index (χ0v) is 11.3. The number of phenols is 2. The molecule has 0 radical (unpaired) electrons. The number of aromatic hydroxyl groups is 2. The van der Waals surface area contributed by atoms with Crippen molar-refractivity contribution in [3.05, 3.63) is 23.8 Å². The van der Waals surface area contributed by atoms with Gasteiger partial charge in [-0.15, -0.1) is 0 Å². The van der Waals surface area contributed by atoms with E-state index in [0.717, 1.165) is 18.2 Å². The second-order valence-electron chi connectivity index (χ2n) is 4.57. The third-order valence-electron chi connectivity index (χ3n) is 2.97. The normalized spacial score (nSPS) is 16.4. The Kier molecular flexibility index (Phi) is 6.25. The minimum Gasteiger partial charge on any atom is -0.508 e. The number of phenolic OH excluding ortho intramolecular Hbond substituents is 2. The summed E-state index contributed by atoms with van der Waals surface area (Å²) in [5.74, 6) is -1.77. The molecule has 0 spiro atoms. The zero-order chi connectivity index (χ0) is 16.9. The summed E-state index contributed by atoms with van der Waals surface area (Å²) in [4.78, 5) is 22.8. The Bertz CT molecular complexity index is 535. The molecule has 0 fully saturated rings. The van der Waals surface area contributed by atoms with Crippen LogP contribution in [0.4, 0.5) is 0 Å². The molecule has 0 saturated heterocycles. The third-order valence-corrected chi connectivity index (χ3v) is 2.97. The van der Waals surface area contributed by atoms with Gasteiger partial charge in [0.05, 0.1) is 12.2 Å². The lowest BCUT2D eigenvalue weighted by Gasteiger charge is -2.26. The van der Waals surface area contributed by atoms with Crippen LogP contribution < -0.4 is 5.32 Å². The minimum absolute atomic E-state index is 0.132. The summed E-state index contributed by atoms with van der Waals surface area (Å²) in [6, 6.07) is 1.54. The first-order valence-corrected chi connectivity index (χ1v) is 6.25. The first-order valence-electron chi connectivity index (χ1n) is 6.25. The van der Waals surface area contributed by atoms with Crippen molar-refractivity contribution in [2.75, 3.05) is 6.61 Å². The van der Waals surface area contributed by atoms with Gasteiger partial charge in [0.2, 0.25) is 0 Å². The van der Waals surface area contributed by atoms with Crippen LogP contribution in [-0.2, 0) is 4.79 Å². The Labute approximate surface area is 125 Å². The van der Waals surface area contributed by atoms with E-state index < -0.39 is 42.6 Å². The predicted molar refractivity (Wildman–Crippen MR) is 72.2 cm³/mol. The second kappa shape index (κ2) is 7.71. The van der Waals surface area contributed by atoms with Crippen molar-refractivity contribution in [3.8, 4) is 11.5 Å². The molecular formula is C13H17NO8. The standard InChI is InChI=1S/C13H17NO8/c15-4-8(11(20)12(21)10(19)5-16)14-13(22)7-2-1-6(17)3-9(7)18/h1-4,8,10-12,16-21H,5H2,(H,14,22)/t8-,10+,11+,12+/m0/s1. The van der Waals surface area contributed by atoms with Crippen molar-refractivity contribution in [1.82, 2.24) is 5.32 Å². The molecule has 4 atom stereocenters. The van der Waals surface area contributed by atoms with Gasteiger partial charge in [-0.25, -0.2) is 0 Å². The van der Waals surface area contributed by atoms with Gasteiger partial charge in [0.25, 0.3) is 5.91 Å². The maximum Gasteiger partial charge on any atom is 0.255 e. The highest BCUT2D eigenvalue weighted by molar-refractivity contribution is 5.98. The topological polar surface area (TPSA) is 168 Å². The summed E-state index contributed by atoms with van der Waals surface area (Å²) < 4.78 is 0. The van der Waals surface area contributed by atoms with Crippen LogP contribution in [0, 0.1) is 0 Å². The van der Waals surface area contributed by atoms with Crippen LogP contribution in [0.3, 0.4) is 0 Å². The number of aliphatic hydroxyl groups excluding tert-OH is 4. The lowest BCUT2D eigenvalue weighted by Crippen LogP contribution is -2.53. The number of hydrogen-bond donors (Lipinski definition) is 7. The average molecular weight is 315 g/mol. The summed E-state index contributed by atoms with van der Waals surface area (Å²) in [5.41, 5.74) is -0.269. The fraction of sp³-hybridized carbons (Fsp3) is 0.385. The Balaban J connectivity index is 2.85. The van der Waals surface area contributed by atoms with Gasteiger partial charge >= 0.3 is 0 Å². The Morgan fingerprint density at radius 2 is 1.82 bits per heavy atom. The third kappa shape index (κ3) is 4.15. The number of benzene rings is 1. The molecule has 0 aliphatic carbocycles. The van der Waals surface area contributed by atoms with E-state index in [1.54, 1.807) is 0 Å². The van der Waals surface area contributed by atoms with Crippen LogP contribution in [0.5, 0.6) is 11.5 Å². The van der Waals surface area contributed by atoms with E-state index in [9.17, 15) is 30.0 Å². The van der Waals surface area contributed by atoms with Crippen molar-refractivity contribution in [2.45, 2.75) is 24.4 Å². The smallest absolute Gasteiger partial charge is 0.255 e. The molecule has 0 bridgehead atoms. The van der Waals surface area contributed by atoms with Gasteiger partial charge < -0.3 is 40.8 Å². The number of aldehydes is 1. The van der Waals surface area contributed by atoms with E-state index in [0.29, 0.717) is 0 Å². The fourth-order valence-corrected chi connectivity index (χ4v) is 1.69. The molecule has 9 nitrogen and oxygen atoms in total. The number of hydrogen-bond acceptors (Lipinski definition) is 8. The molecule has 9 heteroatoms. The Hall–Kier alpha value is -2.20. The molecular weight excluding hydrogens is 298 g/mol. The van der Waals surface area contributed by atoms with Crippen molar-refractivity contribution < 1.29 is 40.2 Å². The highest BCUT2D eigenvalue weighted by atomic mass is 16.4. The van der Waals surface area contributed by atoms with E-state index in [4.69, 9.17) is 10.2 Å². The number of rotatable bonds is 7. The monoisotopic (exact) mass is 315 g/mol. The average Bonchev–Trinajstić information content (AvgIpc) is 2.50. The van der Waals surface area contributed by atoms with Crippen LogP contribution in [0.1, 0.15) is 10.4 Å². The molecule has 0 aliphatic heterocycles. The molecule has 7 N–H and O–H groups in total. The van der Waals surface area contributed by atoms with Crippen molar-refractivity contribution >= 4 is 12.2 Å². The summed E-state index contributed by atoms with van der Waals surface area (Å²) in [6.45, 7) is -0.851. The fourth-order valence-electron chi connectivity index (χ4n) is 1.69. The molecule has 0 aliphatic rings. The van der Waals surface area contributed by atoms with Crippen LogP contribution in [0.2, 0.25) is 0 Å². The van der Waals surface area contributed by atoms with Crippen molar-refractivity contribution in [2.24, 2.45) is 0 Å². The molecule has 122 valence electrons. The molecule has 0 aromatic heterocycles. The molecule has 1 aromatic carbocycles. The lowest BCUT2D eigenvalue weighted by molar-refractivity contribution is -0.119. The molecule has 1 aromatic rings. The quantitative estimate of drug-likeness (QED) is 0.270. The maximum absolute atomic E-state index is 11.9. The van der Waals surface area contributed by atoms with E-state index in [2.05, 4.69) is 5.32 Å². The number of nitrogens with one attached hydrogen (secondary N) is 1. The highest BCUT2D eigenvalue weighted by Crippen LogP contribution is 2.22. The van der Waals surface area contributed by atoms with Gasteiger partial charge in [-0.1, -0.05) is 0 Å². The van der Waals surface area contributed by atoms with Gasteiger partial charge in [-0.2, -0.15) is 0 Å². The number of amides is 1. The van der Waals surface area contributed by atoms with Gasteiger partial charge in [-0.05, 0) is 12.1 Å². The SMILES string of the molecule is O=C[C@H](NC(=O)c1ccc(O)cc1O)[C@@H](O)[C@H](O)[C@H](O)CO. The molecule has 0 saturated carbocycles. The predicted octanol–water partition coefficient (Wildman–Crippen LogP) is -2.53. The number of carbonyl (C=O) groups excluding carboxylic acids is 2. The maximum atomic E-state index is 11.9. The van der Waals surface area contributed by atoms with Gasteiger partial charge in [0.1, 0.15) is 42.1 Å². The molecule has 1 rings (SSSR count). The lowest BCUT2D eigenvalue weighted by atomic mass is 10.0. The van der Waals surface area contributed by atoms with E-state index in [1.807, 2.05) is 0 Å².